The van der Waals surface area contributed by atoms with E-state index in [0.29, 0.717) is 12.6 Å². The number of rotatable bonds is 4. The summed E-state index contributed by atoms with van der Waals surface area (Å²) < 4.78 is 2.08. The zero-order chi connectivity index (χ0) is 13.4. The van der Waals surface area contributed by atoms with Crippen molar-refractivity contribution in [1.29, 1.82) is 0 Å². The number of aromatic nitrogens is 2. The van der Waals surface area contributed by atoms with Gasteiger partial charge in [-0.15, -0.1) is 22.7 Å². The molecule has 0 radical (unpaired) electrons. The highest BCUT2D eigenvalue weighted by Crippen LogP contribution is 2.31. The largest absolute Gasteiger partial charge is 0.351 e. The van der Waals surface area contributed by atoms with Gasteiger partial charge < -0.3 is 10.6 Å². The van der Waals surface area contributed by atoms with Gasteiger partial charge in [-0.1, -0.05) is 6.07 Å². The van der Waals surface area contributed by atoms with Crippen molar-refractivity contribution >= 4 is 33.5 Å². The van der Waals surface area contributed by atoms with E-state index in [4.69, 9.17) is 10.7 Å². The molecule has 0 saturated carbocycles. The number of imidazole rings is 1. The molecule has 0 bridgehead atoms. The third-order valence-electron chi connectivity index (χ3n) is 3.40. The van der Waals surface area contributed by atoms with E-state index in [1.54, 1.807) is 22.7 Å². The first-order chi connectivity index (χ1) is 9.22. The summed E-state index contributed by atoms with van der Waals surface area (Å²) in [4.78, 5) is 9.24. The van der Waals surface area contributed by atoms with Crippen molar-refractivity contribution in [1.82, 2.24) is 9.38 Å². The van der Waals surface area contributed by atoms with Crippen LogP contribution in [0.25, 0.3) is 4.96 Å². The van der Waals surface area contributed by atoms with Crippen molar-refractivity contribution in [2.45, 2.75) is 19.5 Å². The molecule has 0 saturated heterocycles. The third kappa shape index (κ3) is 2.05. The first-order valence-corrected chi connectivity index (χ1v) is 7.89. The van der Waals surface area contributed by atoms with E-state index in [0.717, 1.165) is 16.5 Å². The number of nitrogens with two attached hydrogens (primary N) is 1. The molecular weight excluding hydrogens is 276 g/mol. The average molecular weight is 292 g/mol. The monoisotopic (exact) mass is 292 g/mol. The van der Waals surface area contributed by atoms with Crippen LogP contribution in [0.5, 0.6) is 0 Å². The van der Waals surface area contributed by atoms with Gasteiger partial charge in [0.25, 0.3) is 0 Å². The maximum absolute atomic E-state index is 5.90. The highest BCUT2D eigenvalue weighted by atomic mass is 32.1. The van der Waals surface area contributed by atoms with E-state index >= 15 is 0 Å². The average Bonchev–Trinajstić information content (AvgIpc) is 3.12. The lowest BCUT2D eigenvalue weighted by Gasteiger charge is -2.25. The van der Waals surface area contributed by atoms with Crippen molar-refractivity contribution in [2.24, 2.45) is 5.73 Å². The van der Waals surface area contributed by atoms with Crippen LogP contribution in [-0.2, 0) is 6.54 Å². The van der Waals surface area contributed by atoms with E-state index in [2.05, 4.69) is 40.8 Å². The summed E-state index contributed by atoms with van der Waals surface area (Å²) in [6.45, 7) is 2.69. The van der Waals surface area contributed by atoms with E-state index in [1.807, 2.05) is 11.6 Å². The van der Waals surface area contributed by atoms with Crippen LogP contribution in [0.2, 0.25) is 0 Å². The number of thiophene rings is 1. The number of hydrogen-bond acceptors (Lipinski definition) is 5. The Balaban J connectivity index is 2.01. The summed E-state index contributed by atoms with van der Waals surface area (Å²) in [6.07, 6.45) is 2.03. The van der Waals surface area contributed by atoms with Gasteiger partial charge in [0, 0.05) is 30.0 Å². The Morgan fingerprint density at radius 3 is 2.95 bits per heavy atom. The molecule has 0 spiro atoms. The van der Waals surface area contributed by atoms with Gasteiger partial charge in [0.05, 0.1) is 11.7 Å². The van der Waals surface area contributed by atoms with Gasteiger partial charge >= 0.3 is 0 Å². The number of hydrogen-bond donors (Lipinski definition) is 1. The second kappa shape index (κ2) is 4.96. The van der Waals surface area contributed by atoms with Crippen molar-refractivity contribution in [3.63, 3.8) is 0 Å². The molecule has 3 rings (SSSR count). The van der Waals surface area contributed by atoms with Crippen LogP contribution in [0, 0.1) is 0 Å². The predicted octanol–water partition coefficient (Wildman–Crippen LogP) is 3.11. The molecule has 6 heteroatoms. The van der Waals surface area contributed by atoms with Gasteiger partial charge in [-0.2, -0.15) is 0 Å². The number of anilines is 1. The fraction of sp³-hybridized carbons (Fsp3) is 0.308. The Hall–Kier alpha value is -1.37. The van der Waals surface area contributed by atoms with Crippen molar-refractivity contribution in [3.05, 3.63) is 39.7 Å². The Labute approximate surface area is 120 Å². The standard InChI is InChI=1S/C13H16N4S2/c1-9(11-4-3-6-18-11)16(2)12-10(8-14)17-5-7-19-13(17)15-12/h3-7,9H,8,14H2,1-2H3. The van der Waals surface area contributed by atoms with Gasteiger partial charge in [0.15, 0.2) is 10.8 Å². The lowest BCUT2D eigenvalue weighted by molar-refractivity contribution is 0.737. The summed E-state index contributed by atoms with van der Waals surface area (Å²) in [6, 6.07) is 4.54. The van der Waals surface area contributed by atoms with Gasteiger partial charge in [-0.3, -0.25) is 4.40 Å². The quantitative estimate of drug-likeness (QED) is 0.803. The molecule has 2 N–H and O–H groups in total. The molecule has 1 atom stereocenters. The minimum Gasteiger partial charge on any atom is -0.351 e. The molecule has 0 fully saturated rings. The molecule has 3 aromatic rings. The van der Waals surface area contributed by atoms with Crippen LogP contribution < -0.4 is 10.6 Å². The lowest BCUT2D eigenvalue weighted by Crippen LogP contribution is -2.23. The minimum absolute atomic E-state index is 0.301. The normalized spacial score (nSPS) is 13.0. The molecule has 0 aromatic carbocycles. The fourth-order valence-electron chi connectivity index (χ4n) is 2.20. The van der Waals surface area contributed by atoms with Gasteiger partial charge in [0.1, 0.15) is 0 Å². The highest BCUT2D eigenvalue weighted by Gasteiger charge is 2.20. The smallest absolute Gasteiger partial charge is 0.195 e. The van der Waals surface area contributed by atoms with Crippen LogP contribution in [-0.4, -0.2) is 16.4 Å². The van der Waals surface area contributed by atoms with E-state index in [1.165, 1.54) is 4.88 Å². The van der Waals surface area contributed by atoms with E-state index in [-0.39, 0.29) is 0 Å². The minimum atomic E-state index is 0.301. The third-order valence-corrected chi connectivity index (χ3v) is 5.20. The number of fused-ring (bicyclic) bond motifs is 1. The summed E-state index contributed by atoms with van der Waals surface area (Å²) in [5, 5.41) is 4.14. The number of nitrogens with zero attached hydrogens (tertiary/aromatic N) is 3. The zero-order valence-corrected chi connectivity index (χ0v) is 12.5. The van der Waals surface area contributed by atoms with Crippen molar-refractivity contribution in [2.75, 3.05) is 11.9 Å². The maximum atomic E-state index is 5.90. The molecule has 0 aliphatic carbocycles. The maximum Gasteiger partial charge on any atom is 0.195 e. The Morgan fingerprint density at radius 2 is 2.26 bits per heavy atom. The molecule has 1 unspecified atom stereocenters. The first kappa shape index (κ1) is 12.7. The van der Waals surface area contributed by atoms with Crippen molar-refractivity contribution < 1.29 is 0 Å². The van der Waals surface area contributed by atoms with Crippen LogP contribution in [0.1, 0.15) is 23.5 Å². The summed E-state index contributed by atoms with van der Waals surface area (Å²) >= 11 is 3.41. The molecule has 19 heavy (non-hydrogen) atoms. The van der Waals surface area contributed by atoms with E-state index < -0.39 is 0 Å². The molecule has 0 amide bonds. The second-order valence-electron chi connectivity index (χ2n) is 4.44. The Kier molecular flexibility index (Phi) is 3.30. The molecule has 4 nitrogen and oxygen atoms in total. The summed E-state index contributed by atoms with van der Waals surface area (Å²) in [5.74, 6) is 0.982. The van der Waals surface area contributed by atoms with Gasteiger partial charge in [-0.05, 0) is 18.4 Å². The first-order valence-electron chi connectivity index (χ1n) is 6.13. The van der Waals surface area contributed by atoms with Crippen LogP contribution in [0.4, 0.5) is 5.82 Å². The molecule has 100 valence electrons. The highest BCUT2D eigenvalue weighted by molar-refractivity contribution is 7.15. The zero-order valence-electron chi connectivity index (χ0n) is 10.9. The van der Waals surface area contributed by atoms with Gasteiger partial charge in [-0.25, -0.2) is 4.98 Å². The number of thiazole rings is 1. The fourth-order valence-corrected chi connectivity index (χ4v) is 3.75. The summed E-state index contributed by atoms with van der Waals surface area (Å²) in [5.41, 5.74) is 6.97. The molecule has 3 heterocycles. The van der Waals surface area contributed by atoms with E-state index in [9.17, 15) is 0 Å². The van der Waals surface area contributed by atoms with Crippen LogP contribution >= 0.6 is 22.7 Å². The summed E-state index contributed by atoms with van der Waals surface area (Å²) in [7, 11) is 2.08. The second-order valence-corrected chi connectivity index (χ2v) is 6.30. The molecular formula is C13H16N4S2. The van der Waals surface area contributed by atoms with Gasteiger partial charge in [0.2, 0.25) is 0 Å². The Morgan fingerprint density at radius 1 is 1.42 bits per heavy atom. The van der Waals surface area contributed by atoms with Crippen molar-refractivity contribution in [3.8, 4) is 0 Å². The Bertz CT molecular complexity index is 668. The SMILES string of the molecule is CC(c1cccs1)N(C)c1nc2sccn2c1CN. The molecule has 0 aliphatic heterocycles. The molecule has 0 aliphatic rings. The van der Waals surface area contributed by atoms with Crippen LogP contribution in [0.15, 0.2) is 29.1 Å². The topological polar surface area (TPSA) is 46.6 Å². The lowest BCUT2D eigenvalue weighted by atomic mass is 10.2. The predicted molar refractivity (Wildman–Crippen MR) is 82.1 cm³/mol. The van der Waals surface area contributed by atoms with Crippen LogP contribution in [0.3, 0.4) is 0 Å². The molecule has 3 aromatic heterocycles.